The van der Waals surface area contributed by atoms with Gasteiger partial charge in [0.05, 0.1) is 12.5 Å². The third kappa shape index (κ3) is 4.18. The van der Waals surface area contributed by atoms with Crippen molar-refractivity contribution >= 4 is 17.5 Å². The van der Waals surface area contributed by atoms with E-state index in [0.717, 1.165) is 56.6 Å². The Bertz CT molecular complexity index is 842. The van der Waals surface area contributed by atoms with Crippen molar-refractivity contribution in [2.24, 2.45) is 0 Å². The molecular formula is C23H27ClN2O2. The lowest BCUT2D eigenvalue weighted by Gasteiger charge is -2.33. The number of amides is 1. The highest BCUT2D eigenvalue weighted by Crippen LogP contribution is 2.49. The highest BCUT2D eigenvalue weighted by molar-refractivity contribution is 6.30. The molecule has 0 atom stereocenters. The van der Waals surface area contributed by atoms with Crippen LogP contribution in [0.25, 0.3) is 0 Å². The number of halogens is 1. The van der Waals surface area contributed by atoms with Gasteiger partial charge in [0, 0.05) is 30.7 Å². The molecule has 2 aromatic carbocycles. The molecule has 0 spiro atoms. The minimum absolute atomic E-state index is 0.168. The Balaban J connectivity index is 1.30. The number of carbonyl (C=O) groups is 1. The Labute approximate surface area is 171 Å². The van der Waals surface area contributed by atoms with Gasteiger partial charge in [-0.15, -0.1) is 0 Å². The summed E-state index contributed by atoms with van der Waals surface area (Å²) in [7, 11) is 1.70. The lowest BCUT2D eigenvalue weighted by molar-refractivity contribution is -0.124. The van der Waals surface area contributed by atoms with Crippen molar-refractivity contribution in [3.63, 3.8) is 0 Å². The Morgan fingerprint density at radius 1 is 1.18 bits per heavy atom. The van der Waals surface area contributed by atoms with Crippen LogP contribution in [0.5, 0.6) is 5.75 Å². The first kappa shape index (κ1) is 19.3. The van der Waals surface area contributed by atoms with Crippen LogP contribution in [0.4, 0.5) is 0 Å². The van der Waals surface area contributed by atoms with Crippen LogP contribution in [-0.4, -0.2) is 37.0 Å². The van der Waals surface area contributed by atoms with E-state index in [1.165, 1.54) is 5.56 Å². The molecule has 0 radical (unpaired) electrons. The largest absolute Gasteiger partial charge is 0.497 e. The van der Waals surface area contributed by atoms with E-state index in [1.807, 2.05) is 36.4 Å². The lowest BCUT2D eigenvalue weighted by Crippen LogP contribution is -2.47. The van der Waals surface area contributed by atoms with Gasteiger partial charge < -0.3 is 10.1 Å². The molecule has 0 unspecified atom stereocenters. The second-order valence-corrected chi connectivity index (χ2v) is 8.40. The summed E-state index contributed by atoms with van der Waals surface area (Å²) >= 11 is 6.13. The van der Waals surface area contributed by atoms with Crippen LogP contribution >= 0.6 is 11.6 Å². The minimum atomic E-state index is -0.359. The third-order valence-electron chi connectivity index (χ3n) is 6.02. The van der Waals surface area contributed by atoms with Crippen molar-refractivity contribution in [3.8, 4) is 5.75 Å². The maximum atomic E-state index is 13.0. The second-order valence-electron chi connectivity index (χ2n) is 7.97. The second kappa shape index (κ2) is 8.14. The number of hydrogen-bond acceptors (Lipinski definition) is 3. The van der Waals surface area contributed by atoms with Gasteiger partial charge in [0.15, 0.2) is 0 Å². The number of nitrogens with one attached hydrogen (secondary N) is 1. The van der Waals surface area contributed by atoms with E-state index in [0.29, 0.717) is 5.02 Å². The summed E-state index contributed by atoms with van der Waals surface area (Å²) in [5.41, 5.74) is 1.95. The van der Waals surface area contributed by atoms with Crippen molar-refractivity contribution in [1.82, 2.24) is 10.2 Å². The van der Waals surface area contributed by atoms with Crippen LogP contribution < -0.4 is 10.1 Å². The van der Waals surface area contributed by atoms with Gasteiger partial charge in [-0.3, -0.25) is 9.69 Å². The van der Waals surface area contributed by atoms with Crippen LogP contribution in [0.1, 0.15) is 36.8 Å². The van der Waals surface area contributed by atoms with Gasteiger partial charge in [0.1, 0.15) is 5.75 Å². The fourth-order valence-electron chi connectivity index (χ4n) is 4.15. The monoisotopic (exact) mass is 398 g/mol. The fraction of sp³-hybridized carbons (Fsp3) is 0.435. The molecular weight excluding hydrogens is 372 g/mol. The van der Waals surface area contributed by atoms with E-state index >= 15 is 0 Å². The first-order chi connectivity index (χ1) is 13.6. The van der Waals surface area contributed by atoms with Crippen molar-refractivity contribution in [1.29, 1.82) is 0 Å². The highest BCUT2D eigenvalue weighted by atomic mass is 35.5. The number of piperidine rings is 1. The maximum absolute atomic E-state index is 13.0. The summed E-state index contributed by atoms with van der Waals surface area (Å²) in [4.78, 5) is 15.4. The number of nitrogens with zero attached hydrogens (tertiary/aromatic N) is 1. The van der Waals surface area contributed by atoms with E-state index in [9.17, 15) is 4.79 Å². The molecule has 1 heterocycles. The topological polar surface area (TPSA) is 41.6 Å². The number of rotatable bonds is 6. The van der Waals surface area contributed by atoms with Crippen molar-refractivity contribution in [2.75, 3.05) is 20.2 Å². The van der Waals surface area contributed by atoms with Crippen molar-refractivity contribution in [3.05, 3.63) is 64.7 Å². The summed E-state index contributed by atoms with van der Waals surface area (Å²) < 4.78 is 5.31. The number of methoxy groups -OCH3 is 1. The zero-order chi connectivity index (χ0) is 19.6. The van der Waals surface area contributed by atoms with Gasteiger partial charge in [-0.05, 0) is 61.1 Å². The van der Waals surface area contributed by atoms with E-state index in [4.69, 9.17) is 16.3 Å². The van der Waals surface area contributed by atoms with Crippen LogP contribution in [-0.2, 0) is 16.8 Å². The smallest absolute Gasteiger partial charge is 0.230 e. The highest BCUT2D eigenvalue weighted by Gasteiger charge is 2.51. The molecule has 1 aliphatic heterocycles. The molecule has 148 valence electrons. The molecule has 2 aromatic rings. The van der Waals surface area contributed by atoms with Gasteiger partial charge in [0.25, 0.3) is 0 Å². The number of ether oxygens (including phenoxy) is 1. The molecule has 1 saturated heterocycles. The van der Waals surface area contributed by atoms with Gasteiger partial charge in [0.2, 0.25) is 5.91 Å². The number of benzene rings is 2. The lowest BCUT2D eigenvalue weighted by atomic mass is 9.93. The zero-order valence-corrected chi connectivity index (χ0v) is 17.0. The van der Waals surface area contributed by atoms with Gasteiger partial charge in [-0.1, -0.05) is 35.9 Å². The number of likely N-dealkylation sites (tertiary alicyclic amines) is 1. The molecule has 5 heteroatoms. The summed E-state index contributed by atoms with van der Waals surface area (Å²) in [5, 5.41) is 4.01. The van der Waals surface area contributed by atoms with E-state index < -0.39 is 0 Å². The van der Waals surface area contributed by atoms with E-state index in [2.05, 4.69) is 22.3 Å². The van der Waals surface area contributed by atoms with E-state index in [1.54, 1.807) is 7.11 Å². The minimum Gasteiger partial charge on any atom is -0.497 e. The Morgan fingerprint density at radius 3 is 2.61 bits per heavy atom. The first-order valence-electron chi connectivity index (χ1n) is 10.0. The molecule has 0 bridgehead atoms. The molecule has 1 N–H and O–H groups in total. The molecule has 1 aliphatic carbocycles. The zero-order valence-electron chi connectivity index (χ0n) is 16.3. The Morgan fingerprint density at radius 2 is 1.93 bits per heavy atom. The summed E-state index contributed by atoms with van der Waals surface area (Å²) in [6, 6.07) is 16.2. The normalized spacial score (nSPS) is 19.2. The molecule has 28 heavy (non-hydrogen) atoms. The van der Waals surface area contributed by atoms with Crippen LogP contribution in [0.15, 0.2) is 48.5 Å². The van der Waals surface area contributed by atoms with Crippen LogP contribution in [0.3, 0.4) is 0 Å². The third-order valence-corrected chi connectivity index (χ3v) is 6.26. The molecule has 4 nitrogen and oxygen atoms in total. The molecule has 1 amide bonds. The molecule has 4 rings (SSSR count). The first-order valence-corrected chi connectivity index (χ1v) is 10.4. The van der Waals surface area contributed by atoms with Gasteiger partial charge in [-0.25, -0.2) is 0 Å². The number of carbonyl (C=O) groups excluding carboxylic acids is 1. The summed E-state index contributed by atoms with van der Waals surface area (Å²) in [5.74, 6) is 1.07. The Hall–Kier alpha value is -2.04. The fourth-order valence-corrected chi connectivity index (χ4v) is 4.34. The summed E-state index contributed by atoms with van der Waals surface area (Å²) in [6.45, 7) is 2.91. The average molecular weight is 399 g/mol. The van der Waals surface area contributed by atoms with Gasteiger partial charge >= 0.3 is 0 Å². The molecule has 2 fully saturated rings. The maximum Gasteiger partial charge on any atom is 0.230 e. The van der Waals surface area contributed by atoms with E-state index in [-0.39, 0.29) is 17.4 Å². The van der Waals surface area contributed by atoms with Crippen LogP contribution in [0, 0.1) is 0 Å². The SMILES string of the molecule is COc1cccc(CN2CCC(NC(=O)C3(c4cccc(Cl)c4)CC3)CC2)c1. The number of hydrogen-bond donors (Lipinski definition) is 1. The average Bonchev–Trinajstić information content (AvgIpc) is 3.52. The predicted molar refractivity (Wildman–Crippen MR) is 112 cm³/mol. The Kier molecular flexibility index (Phi) is 5.61. The standard InChI is InChI=1S/C23H27ClN2O2/c1-28-21-7-2-4-17(14-21)16-26-12-8-20(9-13-26)25-22(27)23(10-11-23)18-5-3-6-19(24)15-18/h2-7,14-15,20H,8-13,16H2,1H3,(H,25,27). The van der Waals surface area contributed by atoms with Crippen molar-refractivity contribution < 1.29 is 9.53 Å². The van der Waals surface area contributed by atoms with Crippen molar-refractivity contribution in [2.45, 2.75) is 43.7 Å². The quantitative estimate of drug-likeness (QED) is 0.794. The molecule has 0 aromatic heterocycles. The predicted octanol–water partition coefficient (Wildman–Crippen LogP) is 4.16. The molecule has 1 saturated carbocycles. The van der Waals surface area contributed by atoms with Gasteiger partial charge in [-0.2, -0.15) is 0 Å². The summed E-state index contributed by atoms with van der Waals surface area (Å²) in [6.07, 6.45) is 3.80. The van der Waals surface area contributed by atoms with Crippen LogP contribution in [0.2, 0.25) is 5.02 Å². The molecule has 2 aliphatic rings.